The van der Waals surface area contributed by atoms with Gasteiger partial charge in [-0.2, -0.15) is 5.06 Å². The third-order valence-corrected chi connectivity index (χ3v) is 4.78. The average molecular weight is 366 g/mol. The molecule has 0 radical (unpaired) electrons. The van der Waals surface area contributed by atoms with Crippen LogP contribution >= 0.6 is 0 Å². The number of piperidine rings is 1. The van der Waals surface area contributed by atoms with Crippen LogP contribution in [0.3, 0.4) is 0 Å². The van der Waals surface area contributed by atoms with Crippen LogP contribution in [0, 0.1) is 0 Å². The fourth-order valence-electron chi connectivity index (χ4n) is 3.40. The summed E-state index contributed by atoms with van der Waals surface area (Å²) in [6.45, 7) is 6.77. The molecule has 0 unspecified atom stereocenters. The Balaban J connectivity index is 1.49. The number of hydrogen-bond acceptors (Lipinski definition) is 5. The zero-order valence-corrected chi connectivity index (χ0v) is 15.4. The van der Waals surface area contributed by atoms with E-state index in [1.165, 1.54) is 4.90 Å². The highest BCUT2D eigenvalue weighted by atomic mass is 16.6. The molecule has 0 aromatic rings. The number of nitrogens with zero attached hydrogens (tertiary/aromatic N) is 3. The number of rotatable bonds is 2. The van der Waals surface area contributed by atoms with Crippen molar-refractivity contribution in [3.05, 3.63) is 11.8 Å². The minimum absolute atomic E-state index is 0.0468. The molecular formula is C17H26N4O5. The van der Waals surface area contributed by atoms with Crippen molar-refractivity contribution < 1.29 is 24.3 Å². The number of carbonyl (C=O) groups excluding carboxylic acids is 3. The van der Waals surface area contributed by atoms with Crippen LogP contribution in [-0.2, 0) is 9.53 Å². The number of ether oxygens (including phenoxy) is 1. The molecule has 0 saturated carbocycles. The van der Waals surface area contributed by atoms with Gasteiger partial charge in [-0.15, -0.1) is 0 Å². The maximum absolute atomic E-state index is 12.6. The normalized spacial score (nSPS) is 23.8. The summed E-state index contributed by atoms with van der Waals surface area (Å²) in [5.74, 6) is -0.223. The van der Waals surface area contributed by atoms with E-state index in [0.29, 0.717) is 43.1 Å². The van der Waals surface area contributed by atoms with E-state index in [-0.39, 0.29) is 24.6 Å². The first kappa shape index (κ1) is 18.5. The number of carbonyl (C=O) groups is 3. The summed E-state index contributed by atoms with van der Waals surface area (Å²) in [6, 6.07) is -1.21. The van der Waals surface area contributed by atoms with Crippen LogP contribution in [0.15, 0.2) is 11.8 Å². The third-order valence-electron chi connectivity index (χ3n) is 4.78. The molecule has 9 heteroatoms. The van der Waals surface area contributed by atoms with Crippen LogP contribution in [0.4, 0.5) is 9.59 Å². The Morgan fingerprint density at radius 3 is 2.54 bits per heavy atom. The third kappa shape index (κ3) is 3.77. The van der Waals surface area contributed by atoms with Crippen molar-refractivity contribution in [1.82, 2.24) is 20.2 Å². The number of fused-ring (bicyclic) bond motifs is 2. The Labute approximate surface area is 152 Å². The standard InChI is InChI=1S/C17H26N4O5/c1-17(2,3)26-16(24)19-8-6-11(7-9-19)18-14(22)13-5-4-12-10-20(13)15(23)21(12)25/h4,11,13,25H,5-10H2,1-3H3,(H,18,22)/t13-/m0/s1. The first-order valence-electron chi connectivity index (χ1n) is 8.92. The molecule has 0 aliphatic carbocycles. The maximum atomic E-state index is 12.6. The lowest BCUT2D eigenvalue weighted by Crippen LogP contribution is -2.53. The topological polar surface area (TPSA) is 102 Å². The number of nitrogens with one attached hydrogen (secondary N) is 1. The van der Waals surface area contributed by atoms with Gasteiger partial charge < -0.3 is 19.9 Å². The summed E-state index contributed by atoms with van der Waals surface area (Å²) >= 11 is 0. The van der Waals surface area contributed by atoms with Gasteiger partial charge in [-0.25, -0.2) is 9.59 Å². The van der Waals surface area contributed by atoms with Crippen LogP contribution in [0.25, 0.3) is 0 Å². The Hall–Kier alpha value is -2.29. The molecule has 26 heavy (non-hydrogen) atoms. The van der Waals surface area contributed by atoms with E-state index >= 15 is 0 Å². The molecule has 3 aliphatic heterocycles. The average Bonchev–Trinajstić information content (AvgIpc) is 2.78. The lowest BCUT2D eigenvalue weighted by molar-refractivity contribution is -0.126. The fraction of sp³-hybridized carbons (Fsp3) is 0.706. The first-order chi connectivity index (χ1) is 12.2. The molecule has 2 fully saturated rings. The van der Waals surface area contributed by atoms with Crippen LogP contribution in [0.5, 0.6) is 0 Å². The number of urea groups is 1. The van der Waals surface area contributed by atoms with Gasteiger partial charge in [0.2, 0.25) is 5.91 Å². The molecule has 1 atom stereocenters. The van der Waals surface area contributed by atoms with Gasteiger partial charge in [0.05, 0.1) is 12.2 Å². The van der Waals surface area contributed by atoms with E-state index in [1.807, 2.05) is 20.8 Å². The molecule has 2 N–H and O–H groups in total. The van der Waals surface area contributed by atoms with Gasteiger partial charge in [0.15, 0.2) is 0 Å². The van der Waals surface area contributed by atoms with Crippen molar-refractivity contribution in [3.8, 4) is 0 Å². The lowest BCUT2D eigenvalue weighted by atomic mass is 10.0. The quantitative estimate of drug-likeness (QED) is 0.717. The highest BCUT2D eigenvalue weighted by Gasteiger charge is 2.43. The van der Waals surface area contributed by atoms with Crippen molar-refractivity contribution in [2.75, 3.05) is 19.6 Å². The fourth-order valence-corrected chi connectivity index (χ4v) is 3.40. The summed E-state index contributed by atoms with van der Waals surface area (Å²) in [7, 11) is 0. The van der Waals surface area contributed by atoms with Gasteiger partial charge in [0.25, 0.3) is 0 Å². The molecule has 2 bridgehead atoms. The summed E-state index contributed by atoms with van der Waals surface area (Å²) < 4.78 is 5.36. The monoisotopic (exact) mass is 366 g/mol. The highest BCUT2D eigenvalue weighted by Crippen LogP contribution is 2.27. The van der Waals surface area contributed by atoms with Gasteiger partial charge in [-0.05, 0) is 40.0 Å². The van der Waals surface area contributed by atoms with Gasteiger partial charge >= 0.3 is 12.1 Å². The second-order valence-electron chi connectivity index (χ2n) is 7.92. The molecule has 2 saturated heterocycles. The minimum Gasteiger partial charge on any atom is -0.444 e. The van der Waals surface area contributed by atoms with E-state index in [1.54, 1.807) is 11.0 Å². The summed E-state index contributed by atoms with van der Waals surface area (Å²) in [6.07, 6.45) is 3.05. The Morgan fingerprint density at radius 1 is 1.27 bits per heavy atom. The molecule has 0 aromatic carbocycles. The van der Waals surface area contributed by atoms with Crippen LogP contribution < -0.4 is 5.32 Å². The van der Waals surface area contributed by atoms with Crippen molar-refractivity contribution in [3.63, 3.8) is 0 Å². The molecule has 4 amide bonds. The second kappa shape index (κ2) is 6.79. The van der Waals surface area contributed by atoms with E-state index in [2.05, 4.69) is 5.32 Å². The van der Waals surface area contributed by atoms with Crippen LogP contribution in [-0.4, -0.2) is 75.4 Å². The Bertz CT molecular complexity index is 634. The van der Waals surface area contributed by atoms with Crippen molar-refractivity contribution in [1.29, 1.82) is 0 Å². The lowest BCUT2D eigenvalue weighted by Gasteiger charge is -2.35. The number of amides is 4. The first-order valence-corrected chi connectivity index (χ1v) is 8.92. The summed E-state index contributed by atoms with van der Waals surface area (Å²) in [5, 5.41) is 13.2. The number of likely N-dealkylation sites (tertiary alicyclic amines) is 1. The minimum atomic E-state index is -0.604. The highest BCUT2D eigenvalue weighted by molar-refractivity contribution is 5.90. The molecule has 3 heterocycles. The molecule has 3 rings (SSSR count). The smallest absolute Gasteiger partial charge is 0.410 e. The van der Waals surface area contributed by atoms with Gasteiger partial charge in [0.1, 0.15) is 11.6 Å². The predicted octanol–water partition coefficient (Wildman–Crippen LogP) is 1.29. The predicted molar refractivity (Wildman–Crippen MR) is 91.2 cm³/mol. The van der Waals surface area contributed by atoms with Gasteiger partial charge in [0, 0.05) is 19.1 Å². The summed E-state index contributed by atoms with van der Waals surface area (Å²) in [5.41, 5.74) is -0.0112. The van der Waals surface area contributed by atoms with Gasteiger partial charge in [-0.1, -0.05) is 6.08 Å². The molecule has 3 aliphatic rings. The number of hydrogen-bond donors (Lipinski definition) is 2. The maximum Gasteiger partial charge on any atom is 0.410 e. The Kier molecular flexibility index (Phi) is 4.83. The molecular weight excluding hydrogens is 340 g/mol. The van der Waals surface area contributed by atoms with Crippen LogP contribution in [0.2, 0.25) is 0 Å². The van der Waals surface area contributed by atoms with E-state index < -0.39 is 17.7 Å². The van der Waals surface area contributed by atoms with Crippen molar-refractivity contribution in [2.24, 2.45) is 0 Å². The van der Waals surface area contributed by atoms with E-state index in [4.69, 9.17) is 4.74 Å². The SMILES string of the molecule is CC(C)(C)OC(=O)N1CCC(NC(=O)[C@@H]2CC=C3CN2C(=O)N3O)CC1. The van der Waals surface area contributed by atoms with Crippen LogP contribution in [0.1, 0.15) is 40.0 Å². The number of hydroxylamine groups is 2. The zero-order valence-electron chi connectivity index (χ0n) is 15.4. The summed E-state index contributed by atoms with van der Waals surface area (Å²) in [4.78, 5) is 39.6. The molecule has 0 aromatic heterocycles. The zero-order chi connectivity index (χ0) is 19.1. The molecule has 9 nitrogen and oxygen atoms in total. The second-order valence-corrected chi connectivity index (χ2v) is 7.92. The van der Waals surface area contributed by atoms with E-state index in [0.717, 1.165) is 0 Å². The largest absolute Gasteiger partial charge is 0.444 e. The van der Waals surface area contributed by atoms with Gasteiger partial charge in [-0.3, -0.25) is 10.0 Å². The molecule has 0 spiro atoms. The van der Waals surface area contributed by atoms with Crippen molar-refractivity contribution >= 4 is 18.0 Å². The van der Waals surface area contributed by atoms with E-state index in [9.17, 15) is 19.6 Å². The molecule has 144 valence electrons. The van der Waals surface area contributed by atoms with Crippen molar-refractivity contribution in [2.45, 2.75) is 57.7 Å². The Morgan fingerprint density at radius 2 is 1.92 bits per heavy atom.